The molecule has 0 aliphatic carbocycles. The van der Waals surface area contributed by atoms with Crippen LogP contribution in [0.2, 0.25) is 0 Å². The first-order valence-electron chi connectivity index (χ1n) is 7.09. The topological polar surface area (TPSA) is 119 Å². The Balaban J connectivity index is 1.97. The number of hydrogen-bond donors (Lipinski definition) is 3. The van der Waals surface area contributed by atoms with E-state index < -0.39 is 0 Å². The van der Waals surface area contributed by atoms with Crippen molar-refractivity contribution in [2.45, 2.75) is 20.3 Å². The first kappa shape index (κ1) is 16.2. The van der Waals surface area contributed by atoms with E-state index in [1.165, 1.54) is 6.20 Å². The fourth-order valence-electron chi connectivity index (χ4n) is 1.81. The van der Waals surface area contributed by atoms with Crippen molar-refractivity contribution in [3.8, 4) is 6.07 Å². The second-order valence-electron chi connectivity index (χ2n) is 5.27. The van der Waals surface area contributed by atoms with Gasteiger partial charge in [0.2, 0.25) is 11.7 Å². The number of allylic oxidation sites excluding steroid dienone is 1. The lowest BCUT2D eigenvalue weighted by molar-refractivity contribution is -0.116. The van der Waals surface area contributed by atoms with Gasteiger partial charge in [-0.2, -0.15) is 10.5 Å². The number of amides is 1. The zero-order valence-corrected chi connectivity index (χ0v) is 12.9. The Morgan fingerprint density at radius 1 is 1.35 bits per heavy atom. The number of H-pyrrole nitrogens is 1. The van der Waals surface area contributed by atoms with Crippen LogP contribution in [0.3, 0.4) is 0 Å². The van der Waals surface area contributed by atoms with Gasteiger partial charge in [0, 0.05) is 24.0 Å². The summed E-state index contributed by atoms with van der Waals surface area (Å²) in [6.07, 6.45) is 1.98. The van der Waals surface area contributed by atoms with Gasteiger partial charge < -0.3 is 10.6 Å². The maximum absolute atomic E-state index is 11.7. The Labute approximate surface area is 133 Å². The molecule has 1 aromatic carbocycles. The zero-order chi connectivity index (χ0) is 16.7. The molecule has 8 heteroatoms. The lowest BCUT2D eigenvalue weighted by atomic mass is 10.1. The Bertz CT molecular complexity index is 711. The molecule has 0 unspecified atom stereocenters. The molecule has 0 atom stereocenters. The van der Waals surface area contributed by atoms with Gasteiger partial charge in [-0.25, -0.2) is 0 Å². The van der Waals surface area contributed by atoms with Crippen LogP contribution in [0.1, 0.15) is 26.1 Å². The minimum absolute atomic E-state index is 0.00974. The number of carbonyl (C=O) groups is 1. The lowest BCUT2D eigenvalue weighted by Crippen LogP contribution is -2.13. The summed E-state index contributed by atoms with van der Waals surface area (Å²) in [5.41, 5.74) is 1.75. The first-order chi connectivity index (χ1) is 11.1. The van der Waals surface area contributed by atoms with Crippen molar-refractivity contribution in [1.82, 2.24) is 20.6 Å². The molecule has 2 rings (SSSR count). The first-order valence-corrected chi connectivity index (χ1v) is 7.09. The molecule has 0 bridgehead atoms. The van der Waals surface area contributed by atoms with Crippen LogP contribution in [0.5, 0.6) is 0 Å². The molecule has 1 aromatic heterocycles. The Morgan fingerprint density at radius 3 is 2.61 bits per heavy atom. The van der Waals surface area contributed by atoms with E-state index in [0.29, 0.717) is 12.3 Å². The highest BCUT2D eigenvalue weighted by atomic mass is 16.1. The molecule has 0 radical (unpaired) electrons. The third kappa shape index (κ3) is 4.93. The van der Waals surface area contributed by atoms with Crippen LogP contribution in [-0.2, 0) is 4.79 Å². The summed E-state index contributed by atoms with van der Waals surface area (Å²) < 4.78 is 0. The van der Waals surface area contributed by atoms with Gasteiger partial charge in [0.05, 0.1) is 0 Å². The van der Waals surface area contributed by atoms with Gasteiger partial charge in [-0.15, -0.1) is 10.2 Å². The summed E-state index contributed by atoms with van der Waals surface area (Å²) in [6.45, 7) is 3.99. The molecule has 0 saturated carbocycles. The van der Waals surface area contributed by atoms with Crippen LogP contribution in [0, 0.1) is 17.2 Å². The third-order valence-corrected chi connectivity index (χ3v) is 2.85. The maximum Gasteiger partial charge on any atom is 0.224 e. The third-order valence-electron chi connectivity index (χ3n) is 2.85. The zero-order valence-electron chi connectivity index (χ0n) is 12.9. The molecule has 1 heterocycles. The van der Waals surface area contributed by atoms with E-state index in [2.05, 4.69) is 31.3 Å². The van der Waals surface area contributed by atoms with Crippen molar-refractivity contribution < 1.29 is 4.79 Å². The number of rotatable bonds is 6. The molecule has 2 aromatic rings. The number of carbonyl (C=O) groups excluding carboxylic acids is 1. The minimum atomic E-state index is -0.00974. The Kier molecular flexibility index (Phi) is 5.41. The number of hydrogen-bond acceptors (Lipinski definition) is 6. The van der Waals surface area contributed by atoms with Gasteiger partial charge >= 0.3 is 0 Å². The second-order valence-corrected chi connectivity index (χ2v) is 5.27. The van der Waals surface area contributed by atoms with Gasteiger partial charge in [-0.1, -0.05) is 13.8 Å². The summed E-state index contributed by atoms with van der Waals surface area (Å²) in [6, 6.07) is 9.16. The fraction of sp³-hybridized carbons (Fsp3) is 0.267. The predicted molar refractivity (Wildman–Crippen MR) is 85.9 cm³/mol. The SMILES string of the molecule is CC(C)CC(=O)Nc1ccc(NC=C(C#N)c2nn[nH]n2)cc1. The molecule has 23 heavy (non-hydrogen) atoms. The average Bonchev–Trinajstić information content (AvgIpc) is 3.03. The van der Waals surface area contributed by atoms with E-state index in [0.717, 1.165) is 11.4 Å². The van der Waals surface area contributed by atoms with Gasteiger partial charge in [0.25, 0.3) is 0 Å². The highest BCUT2D eigenvalue weighted by molar-refractivity contribution is 5.91. The monoisotopic (exact) mass is 311 g/mol. The van der Waals surface area contributed by atoms with Crippen LogP contribution in [-0.4, -0.2) is 26.5 Å². The van der Waals surface area contributed by atoms with Crippen LogP contribution in [0.15, 0.2) is 30.5 Å². The van der Waals surface area contributed by atoms with E-state index in [1.54, 1.807) is 24.3 Å². The molecular formula is C15H17N7O. The molecule has 0 fully saturated rings. The van der Waals surface area contributed by atoms with E-state index in [1.807, 2.05) is 19.9 Å². The van der Waals surface area contributed by atoms with Crippen molar-refractivity contribution in [2.24, 2.45) is 5.92 Å². The van der Waals surface area contributed by atoms with Crippen LogP contribution in [0.4, 0.5) is 11.4 Å². The highest BCUT2D eigenvalue weighted by Crippen LogP contribution is 2.15. The highest BCUT2D eigenvalue weighted by Gasteiger charge is 2.06. The summed E-state index contributed by atoms with van der Waals surface area (Å²) in [7, 11) is 0. The number of nitrogens with zero attached hydrogens (tertiary/aromatic N) is 4. The number of nitrogens with one attached hydrogen (secondary N) is 3. The summed E-state index contributed by atoms with van der Waals surface area (Å²) in [5.74, 6) is 0.526. The molecule has 0 aliphatic heterocycles. The average molecular weight is 311 g/mol. The molecule has 0 aliphatic rings. The number of nitriles is 1. The summed E-state index contributed by atoms with van der Waals surface area (Å²) in [5, 5.41) is 28.1. The molecule has 8 nitrogen and oxygen atoms in total. The van der Waals surface area contributed by atoms with Crippen molar-refractivity contribution >= 4 is 22.9 Å². The molecule has 0 spiro atoms. The van der Waals surface area contributed by atoms with E-state index >= 15 is 0 Å². The van der Waals surface area contributed by atoms with Crippen molar-refractivity contribution in [3.63, 3.8) is 0 Å². The van der Waals surface area contributed by atoms with Gasteiger partial charge in [0.15, 0.2) is 0 Å². The molecule has 0 saturated heterocycles. The number of aromatic amines is 1. The van der Waals surface area contributed by atoms with Gasteiger partial charge in [-0.05, 0) is 35.4 Å². The number of anilines is 2. The van der Waals surface area contributed by atoms with Crippen molar-refractivity contribution in [3.05, 3.63) is 36.3 Å². The smallest absolute Gasteiger partial charge is 0.224 e. The molecular weight excluding hydrogens is 294 g/mol. The predicted octanol–water partition coefficient (Wildman–Crippen LogP) is 2.16. The van der Waals surface area contributed by atoms with Crippen LogP contribution in [0.25, 0.3) is 5.57 Å². The quantitative estimate of drug-likeness (QED) is 0.703. The normalized spacial score (nSPS) is 11.1. The maximum atomic E-state index is 11.7. The standard InChI is InChI=1S/C15H17N7O/c1-10(2)7-14(23)18-13-5-3-12(4-6-13)17-9-11(8-16)15-19-21-22-20-15/h3-6,9-10,17H,7H2,1-2H3,(H,18,23)(H,19,20,21,22). The van der Waals surface area contributed by atoms with E-state index in [9.17, 15) is 4.79 Å². The molecule has 118 valence electrons. The van der Waals surface area contributed by atoms with Crippen LogP contribution < -0.4 is 10.6 Å². The molecule has 1 amide bonds. The molecule has 3 N–H and O–H groups in total. The van der Waals surface area contributed by atoms with Crippen molar-refractivity contribution in [2.75, 3.05) is 10.6 Å². The number of aromatic nitrogens is 4. The second kappa shape index (κ2) is 7.70. The number of benzene rings is 1. The lowest BCUT2D eigenvalue weighted by Gasteiger charge is -2.08. The fourth-order valence-corrected chi connectivity index (χ4v) is 1.81. The van der Waals surface area contributed by atoms with E-state index in [-0.39, 0.29) is 17.3 Å². The largest absolute Gasteiger partial charge is 0.360 e. The Hall–Kier alpha value is -3.21. The summed E-state index contributed by atoms with van der Waals surface area (Å²) in [4.78, 5) is 11.7. The summed E-state index contributed by atoms with van der Waals surface area (Å²) >= 11 is 0. The van der Waals surface area contributed by atoms with Crippen LogP contribution >= 0.6 is 0 Å². The van der Waals surface area contributed by atoms with Gasteiger partial charge in [0.1, 0.15) is 11.6 Å². The minimum Gasteiger partial charge on any atom is -0.360 e. The number of tetrazole rings is 1. The van der Waals surface area contributed by atoms with E-state index in [4.69, 9.17) is 5.26 Å². The Morgan fingerprint density at radius 2 is 2.04 bits per heavy atom. The van der Waals surface area contributed by atoms with Crippen molar-refractivity contribution in [1.29, 1.82) is 5.26 Å². The van der Waals surface area contributed by atoms with Gasteiger partial charge in [-0.3, -0.25) is 4.79 Å².